The monoisotopic (exact) mass is 503 g/mol. The second-order valence-electron chi connectivity index (χ2n) is 10.4. The van der Waals surface area contributed by atoms with Gasteiger partial charge in [-0.3, -0.25) is 19.0 Å². The van der Waals surface area contributed by atoms with Gasteiger partial charge in [0, 0.05) is 25.9 Å². The van der Waals surface area contributed by atoms with Crippen molar-refractivity contribution in [3.8, 4) is 0 Å². The average Bonchev–Trinajstić information content (AvgIpc) is 2.91. The van der Waals surface area contributed by atoms with Crippen molar-refractivity contribution in [3.05, 3.63) is 64.7 Å². The maximum Gasteiger partial charge on any atom is 0.280 e. The lowest BCUT2D eigenvalue weighted by atomic mass is 9.74. The minimum Gasteiger partial charge on any atom is -0.388 e. The molecule has 194 valence electrons. The minimum absolute atomic E-state index is 0.0291. The molecule has 1 aliphatic heterocycles. The van der Waals surface area contributed by atoms with Gasteiger partial charge in [-0.1, -0.05) is 43.2 Å². The quantitative estimate of drug-likeness (QED) is 0.553. The van der Waals surface area contributed by atoms with Crippen LogP contribution >= 0.6 is 0 Å². The number of nitrogens with one attached hydrogen (secondary N) is 1. The number of rotatable bonds is 5. The highest BCUT2D eigenvalue weighted by molar-refractivity contribution is 5.89. The fraction of sp³-hybridized carbons (Fsp3) is 0.464. The van der Waals surface area contributed by atoms with Crippen LogP contribution in [0, 0.1) is 5.92 Å². The third-order valence-corrected chi connectivity index (χ3v) is 7.76. The van der Waals surface area contributed by atoms with Gasteiger partial charge in [-0.05, 0) is 49.3 Å². The van der Waals surface area contributed by atoms with Gasteiger partial charge in [0.05, 0.1) is 24.0 Å². The van der Waals surface area contributed by atoms with Crippen LogP contribution in [-0.4, -0.2) is 55.0 Å². The van der Waals surface area contributed by atoms with E-state index < -0.39 is 5.60 Å². The van der Waals surface area contributed by atoms with Crippen molar-refractivity contribution in [2.24, 2.45) is 5.92 Å². The van der Waals surface area contributed by atoms with Crippen LogP contribution in [0.3, 0.4) is 0 Å². The van der Waals surface area contributed by atoms with Crippen LogP contribution in [0.15, 0.2) is 53.6 Å². The zero-order chi connectivity index (χ0) is 26.0. The zero-order valence-corrected chi connectivity index (χ0v) is 21.1. The van der Waals surface area contributed by atoms with E-state index in [-0.39, 0.29) is 47.1 Å². The fourth-order valence-electron chi connectivity index (χ4n) is 5.78. The summed E-state index contributed by atoms with van der Waals surface area (Å²) in [6.07, 6.45) is 6.30. The number of hydrogen-bond acceptors (Lipinski definition) is 6. The van der Waals surface area contributed by atoms with E-state index in [1.165, 1.54) is 23.4 Å². The Balaban J connectivity index is 1.27. The van der Waals surface area contributed by atoms with E-state index in [0.29, 0.717) is 31.4 Å². The molecule has 0 unspecified atom stereocenters. The largest absolute Gasteiger partial charge is 0.388 e. The Morgan fingerprint density at radius 3 is 2.54 bits per heavy atom. The number of aromatic nitrogens is 3. The lowest BCUT2D eigenvalue weighted by Gasteiger charge is -2.41. The van der Waals surface area contributed by atoms with Crippen molar-refractivity contribution < 1.29 is 14.7 Å². The van der Waals surface area contributed by atoms with Crippen LogP contribution in [0.5, 0.6) is 0 Å². The predicted molar refractivity (Wildman–Crippen MR) is 140 cm³/mol. The first-order valence-corrected chi connectivity index (χ1v) is 13.0. The number of benzene rings is 1. The lowest BCUT2D eigenvalue weighted by Crippen LogP contribution is -2.51. The summed E-state index contributed by atoms with van der Waals surface area (Å²) >= 11 is 0. The van der Waals surface area contributed by atoms with E-state index in [9.17, 15) is 19.5 Å². The second kappa shape index (κ2) is 10.4. The molecule has 9 heteroatoms. The Hall–Kier alpha value is -3.59. The van der Waals surface area contributed by atoms with Crippen molar-refractivity contribution in [2.75, 3.05) is 18.4 Å². The van der Waals surface area contributed by atoms with Crippen LogP contribution in [0.1, 0.15) is 56.9 Å². The van der Waals surface area contributed by atoms with Crippen molar-refractivity contribution in [1.29, 1.82) is 0 Å². The van der Waals surface area contributed by atoms with Crippen molar-refractivity contribution in [2.45, 2.75) is 63.5 Å². The number of anilines is 1. The topological polar surface area (TPSA) is 117 Å². The Bertz CT molecular complexity index is 1350. The molecule has 5 rings (SSSR count). The SMILES string of the molecule is CC(=O)Nc1ccc2ncn(CC3(O)CCN(C(=O)[C@@H]4CCCC[C@H]4c4ccccc4)CC3)c(=O)c2n1. The van der Waals surface area contributed by atoms with Gasteiger partial charge < -0.3 is 15.3 Å². The van der Waals surface area contributed by atoms with Crippen LogP contribution < -0.4 is 10.9 Å². The number of aliphatic hydroxyl groups is 1. The summed E-state index contributed by atoms with van der Waals surface area (Å²) in [5, 5.41) is 13.9. The summed E-state index contributed by atoms with van der Waals surface area (Å²) in [5.41, 5.74) is 0.276. The molecule has 9 nitrogen and oxygen atoms in total. The van der Waals surface area contributed by atoms with E-state index in [1.807, 2.05) is 23.1 Å². The molecule has 37 heavy (non-hydrogen) atoms. The van der Waals surface area contributed by atoms with E-state index in [0.717, 1.165) is 25.7 Å². The Morgan fingerprint density at radius 2 is 1.81 bits per heavy atom. The third-order valence-electron chi connectivity index (χ3n) is 7.76. The summed E-state index contributed by atoms with van der Waals surface area (Å²) in [4.78, 5) is 48.5. The molecule has 1 saturated heterocycles. The molecule has 3 heterocycles. The van der Waals surface area contributed by atoms with Crippen molar-refractivity contribution in [3.63, 3.8) is 0 Å². The highest BCUT2D eigenvalue weighted by atomic mass is 16.3. The molecule has 2 aliphatic rings. The third kappa shape index (κ3) is 5.41. The van der Waals surface area contributed by atoms with Crippen LogP contribution in [-0.2, 0) is 16.1 Å². The number of nitrogens with zero attached hydrogens (tertiary/aromatic N) is 4. The van der Waals surface area contributed by atoms with Gasteiger partial charge in [-0.25, -0.2) is 9.97 Å². The first-order valence-electron chi connectivity index (χ1n) is 13.0. The lowest BCUT2D eigenvalue weighted by molar-refractivity contribution is -0.142. The number of pyridine rings is 1. The number of carbonyl (C=O) groups is 2. The van der Waals surface area contributed by atoms with Gasteiger partial charge in [0.25, 0.3) is 5.56 Å². The molecule has 1 aromatic carbocycles. The number of likely N-dealkylation sites (tertiary alicyclic amines) is 1. The van der Waals surface area contributed by atoms with Crippen molar-refractivity contribution >= 4 is 28.7 Å². The van der Waals surface area contributed by atoms with Crippen LogP contribution in [0.25, 0.3) is 11.0 Å². The normalized spacial score (nSPS) is 21.5. The Morgan fingerprint density at radius 1 is 1.08 bits per heavy atom. The fourth-order valence-corrected chi connectivity index (χ4v) is 5.78. The van der Waals surface area contributed by atoms with E-state index in [1.54, 1.807) is 12.1 Å². The molecule has 2 atom stereocenters. The molecule has 1 saturated carbocycles. The molecular weight excluding hydrogens is 470 g/mol. The number of fused-ring (bicyclic) bond motifs is 1. The number of carbonyl (C=O) groups excluding carboxylic acids is 2. The van der Waals surface area contributed by atoms with Crippen LogP contribution in [0.2, 0.25) is 0 Å². The Labute approximate surface area is 215 Å². The summed E-state index contributed by atoms with van der Waals surface area (Å²) in [5.74, 6) is 0.377. The maximum absolute atomic E-state index is 13.6. The van der Waals surface area contributed by atoms with Crippen molar-refractivity contribution in [1.82, 2.24) is 19.4 Å². The first-order chi connectivity index (χ1) is 17.8. The molecule has 0 radical (unpaired) electrons. The minimum atomic E-state index is -1.13. The molecule has 2 N–H and O–H groups in total. The number of amides is 2. The number of hydrogen-bond donors (Lipinski definition) is 2. The summed E-state index contributed by atoms with van der Waals surface area (Å²) in [6, 6.07) is 13.5. The molecule has 1 aliphatic carbocycles. The summed E-state index contributed by atoms with van der Waals surface area (Å²) < 4.78 is 1.37. The van der Waals surface area contributed by atoms with E-state index in [2.05, 4.69) is 27.4 Å². The highest BCUT2D eigenvalue weighted by Crippen LogP contribution is 2.39. The first kappa shape index (κ1) is 25.1. The second-order valence-corrected chi connectivity index (χ2v) is 10.4. The summed E-state index contributed by atoms with van der Waals surface area (Å²) in [6.45, 7) is 2.34. The predicted octanol–water partition coefficient (Wildman–Crippen LogP) is 3.08. The van der Waals surface area contributed by atoms with Crippen LogP contribution in [0.4, 0.5) is 5.82 Å². The maximum atomic E-state index is 13.6. The van der Waals surface area contributed by atoms with Gasteiger partial charge >= 0.3 is 0 Å². The van der Waals surface area contributed by atoms with Gasteiger partial charge in [0.2, 0.25) is 11.8 Å². The molecule has 2 fully saturated rings. The molecule has 0 bridgehead atoms. The zero-order valence-electron chi connectivity index (χ0n) is 21.1. The van der Waals surface area contributed by atoms with E-state index in [4.69, 9.17) is 0 Å². The molecule has 2 amide bonds. The van der Waals surface area contributed by atoms with Gasteiger partial charge in [-0.15, -0.1) is 0 Å². The molecular formula is C28H33N5O4. The van der Waals surface area contributed by atoms with Gasteiger partial charge in [0.15, 0.2) is 5.52 Å². The average molecular weight is 504 g/mol. The highest BCUT2D eigenvalue weighted by Gasteiger charge is 2.39. The summed E-state index contributed by atoms with van der Waals surface area (Å²) in [7, 11) is 0. The standard InChI is InChI=1S/C28H33N5O4/c1-19(34)30-24-12-11-23-25(31-24)27(36)33(18-29-23)17-28(37)13-15-32(16-14-28)26(35)22-10-6-5-9-21(22)20-7-3-2-4-8-20/h2-4,7-8,11-12,18,21-22,37H,5-6,9-10,13-17H2,1H3,(H,30,31,34)/t21-,22+/m0/s1. The Kier molecular flexibility index (Phi) is 7.06. The molecule has 2 aromatic heterocycles. The van der Waals surface area contributed by atoms with E-state index >= 15 is 0 Å². The molecule has 3 aromatic rings. The smallest absolute Gasteiger partial charge is 0.280 e. The van der Waals surface area contributed by atoms with Gasteiger partial charge in [0.1, 0.15) is 5.82 Å². The number of piperidine rings is 1. The molecule has 0 spiro atoms. The van der Waals surface area contributed by atoms with Gasteiger partial charge in [-0.2, -0.15) is 0 Å².